The Bertz CT molecular complexity index is 860. The zero-order valence-corrected chi connectivity index (χ0v) is 16.9. The van der Waals surface area contributed by atoms with Gasteiger partial charge in [0.15, 0.2) is 6.10 Å². The number of carbonyl (C=O) groups is 2. The first-order chi connectivity index (χ1) is 14.0. The first-order valence-corrected chi connectivity index (χ1v) is 10.3. The van der Waals surface area contributed by atoms with E-state index in [4.69, 9.17) is 9.47 Å². The van der Waals surface area contributed by atoms with Gasteiger partial charge in [-0.05, 0) is 44.3 Å². The summed E-state index contributed by atoms with van der Waals surface area (Å²) in [6, 6.07) is -0.383. The molecule has 8 heteroatoms. The molecule has 1 amide bonds. The maximum absolute atomic E-state index is 15.2. The fourth-order valence-electron chi connectivity index (χ4n) is 4.43. The first kappa shape index (κ1) is 19.8. The van der Waals surface area contributed by atoms with E-state index in [1.54, 1.807) is 6.92 Å². The number of piperidine rings is 1. The molecule has 3 heterocycles. The molecule has 4 aliphatic rings. The van der Waals surface area contributed by atoms with Crippen molar-refractivity contribution >= 4 is 17.6 Å². The number of nitrogens with zero attached hydrogens (tertiary/aromatic N) is 2. The molecular formula is C21H26FN3O4. The highest BCUT2D eigenvalue weighted by Crippen LogP contribution is 2.41. The highest BCUT2D eigenvalue weighted by atomic mass is 19.1. The number of allylic oxidation sites excluding steroid dienone is 2. The molecule has 0 saturated carbocycles. The van der Waals surface area contributed by atoms with Gasteiger partial charge in [0, 0.05) is 6.04 Å². The van der Waals surface area contributed by atoms with Crippen molar-refractivity contribution in [3.8, 4) is 0 Å². The number of hydrogen-bond donors (Lipinski definition) is 1. The minimum absolute atomic E-state index is 0.129. The highest BCUT2D eigenvalue weighted by molar-refractivity contribution is 6.64. The van der Waals surface area contributed by atoms with Gasteiger partial charge in [-0.2, -0.15) is 0 Å². The molecule has 0 spiro atoms. The van der Waals surface area contributed by atoms with E-state index in [0.717, 1.165) is 24.8 Å². The predicted molar refractivity (Wildman–Crippen MR) is 104 cm³/mol. The summed E-state index contributed by atoms with van der Waals surface area (Å²) in [7, 11) is 0. The number of ether oxygens (including phenoxy) is 2. The lowest BCUT2D eigenvalue weighted by molar-refractivity contribution is -0.137. The van der Waals surface area contributed by atoms with Crippen molar-refractivity contribution in [3.63, 3.8) is 0 Å². The van der Waals surface area contributed by atoms with Crippen molar-refractivity contribution in [1.29, 1.82) is 0 Å². The average molecular weight is 403 g/mol. The van der Waals surface area contributed by atoms with Crippen molar-refractivity contribution in [3.05, 3.63) is 35.1 Å². The number of nitrogens with one attached hydrogen (secondary N) is 1. The lowest BCUT2D eigenvalue weighted by atomic mass is 9.83. The summed E-state index contributed by atoms with van der Waals surface area (Å²) >= 11 is 0. The summed E-state index contributed by atoms with van der Waals surface area (Å²) in [6.07, 6.45) is 5.55. The highest BCUT2D eigenvalue weighted by Gasteiger charge is 2.49. The van der Waals surface area contributed by atoms with Crippen LogP contribution >= 0.6 is 0 Å². The Labute approximate surface area is 169 Å². The Kier molecular flexibility index (Phi) is 5.29. The van der Waals surface area contributed by atoms with E-state index in [1.807, 2.05) is 6.92 Å². The van der Waals surface area contributed by atoms with Crippen LogP contribution in [0.5, 0.6) is 0 Å². The van der Waals surface area contributed by atoms with E-state index < -0.39 is 29.8 Å². The van der Waals surface area contributed by atoms with Gasteiger partial charge in [-0.15, -0.1) is 0 Å². The summed E-state index contributed by atoms with van der Waals surface area (Å²) in [5.74, 6) is -1.96. The van der Waals surface area contributed by atoms with Crippen LogP contribution in [0.4, 0.5) is 4.39 Å². The van der Waals surface area contributed by atoms with Crippen molar-refractivity contribution in [2.75, 3.05) is 6.61 Å². The number of aliphatic imine (C=N–C) groups is 1. The summed E-state index contributed by atoms with van der Waals surface area (Å²) in [5, 5.41) is 3.53. The van der Waals surface area contributed by atoms with Gasteiger partial charge < -0.3 is 14.8 Å². The van der Waals surface area contributed by atoms with Crippen LogP contribution in [-0.2, 0) is 19.1 Å². The normalized spacial score (nSPS) is 31.0. The maximum atomic E-state index is 15.2. The topological polar surface area (TPSA) is 80.2 Å². The number of halogens is 1. The quantitative estimate of drug-likeness (QED) is 0.730. The maximum Gasteiger partial charge on any atom is 0.362 e. The van der Waals surface area contributed by atoms with E-state index >= 15 is 4.39 Å². The van der Waals surface area contributed by atoms with Crippen LogP contribution < -0.4 is 5.32 Å². The Morgan fingerprint density at radius 1 is 1.38 bits per heavy atom. The first-order valence-electron chi connectivity index (χ1n) is 10.3. The second-order valence-corrected chi connectivity index (χ2v) is 7.60. The summed E-state index contributed by atoms with van der Waals surface area (Å²) in [5.41, 5.74) is 1.23. The SMILES string of the molecule is CCOC(=O)C1=NC(CC)C2=COC3C(=C(F)C=C4CCC(CC)NC43)N2C1=O. The average Bonchev–Trinajstić information content (AvgIpc) is 2.73. The molecule has 3 aliphatic heterocycles. The number of amides is 1. The Morgan fingerprint density at radius 3 is 2.86 bits per heavy atom. The van der Waals surface area contributed by atoms with Gasteiger partial charge in [-0.3, -0.25) is 14.7 Å². The monoisotopic (exact) mass is 403 g/mol. The van der Waals surface area contributed by atoms with Gasteiger partial charge in [0.2, 0.25) is 5.71 Å². The van der Waals surface area contributed by atoms with Gasteiger partial charge in [0.1, 0.15) is 17.8 Å². The van der Waals surface area contributed by atoms with Gasteiger partial charge in [0.05, 0.1) is 24.4 Å². The Balaban J connectivity index is 1.77. The van der Waals surface area contributed by atoms with E-state index in [2.05, 4.69) is 17.2 Å². The van der Waals surface area contributed by atoms with E-state index in [9.17, 15) is 9.59 Å². The molecule has 1 aliphatic carbocycles. The van der Waals surface area contributed by atoms with E-state index in [1.165, 1.54) is 17.2 Å². The van der Waals surface area contributed by atoms with Gasteiger partial charge in [0.25, 0.3) is 5.91 Å². The molecule has 0 radical (unpaired) electrons. The summed E-state index contributed by atoms with van der Waals surface area (Å²) < 4.78 is 26.2. The van der Waals surface area contributed by atoms with E-state index in [-0.39, 0.29) is 24.1 Å². The zero-order chi connectivity index (χ0) is 20.7. The molecule has 7 nitrogen and oxygen atoms in total. The smallest absolute Gasteiger partial charge is 0.362 e. The number of carbonyl (C=O) groups excluding carboxylic acids is 2. The number of esters is 1. The van der Waals surface area contributed by atoms with Crippen molar-refractivity contribution in [2.45, 2.75) is 70.7 Å². The number of hydrogen-bond acceptors (Lipinski definition) is 6. The van der Waals surface area contributed by atoms with Gasteiger partial charge in [-0.1, -0.05) is 13.8 Å². The van der Waals surface area contributed by atoms with E-state index in [0.29, 0.717) is 18.2 Å². The standard InChI is InChI=1S/C21H26FN3O4/c1-4-12-8-7-11-9-13(22)18-19(16(11)23-12)29-10-15-14(5-2)24-17(20(26)25(15)18)21(27)28-6-3/h9-10,12,14,16,19,23H,4-8H2,1-3H3. The third kappa shape index (κ3) is 3.19. The fourth-order valence-corrected chi connectivity index (χ4v) is 4.43. The van der Waals surface area contributed by atoms with Gasteiger partial charge in [-0.25, -0.2) is 9.18 Å². The van der Waals surface area contributed by atoms with Gasteiger partial charge >= 0.3 is 5.97 Å². The lowest BCUT2D eigenvalue weighted by Gasteiger charge is -2.46. The molecule has 4 unspecified atom stereocenters. The molecule has 0 aromatic heterocycles. The number of fused-ring (bicyclic) bond motifs is 5. The molecule has 4 rings (SSSR count). The van der Waals surface area contributed by atoms with Crippen LogP contribution in [0.15, 0.2) is 40.1 Å². The van der Waals surface area contributed by atoms with Crippen molar-refractivity contribution in [2.24, 2.45) is 4.99 Å². The van der Waals surface area contributed by atoms with Crippen molar-refractivity contribution < 1.29 is 23.5 Å². The predicted octanol–water partition coefficient (Wildman–Crippen LogP) is 2.50. The number of rotatable bonds is 4. The molecule has 156 valence electrons. The minimum Gasteiger partial charge on any atom is -0.488 e. The largest absolute Gasteiger partial charge is 0.488 e. The summed E-state index contributed by atoms with van der Waals surface area (Å²) in [6.45, 7) is 5.78. The molecule has 0 aromatic rings. The third-order valence-corrected chi connectivity index (χ3v) is 5.94. The van der Waals surface area contributed by atoms with Crippen LogP contribution in [0.2, 0.25) is 0 Å². The minimum atomic E-state index is -0.784. The Hall–Kier alpha value is -2.48. The molecule has 0 bridgehead atoms. The molecule has 1 N–H and O–H groups in total. The van der Waals surface area contributed by atoms with Crippen LogP contribution in [-0.4, -0.2) is 53.3 Å². The molecule has 4 atom stereocenters. The van der Waals surface area contributed by atoms with Crippen LogP contribution in [0.25, 0.3) is 0 Å². The second kappa shape index (κ2) is 7.74. The van der Waals surface area contributed by atoms with Crippen LogP contribution in [0.1, 0.15) is 46.5 Å². The fraction of sp³-hybridized carbons (Fsp3) is 0.571. The Morgan fingerprint density at radius 2 is 2.17 bits per heavy atom. The zero-order valence-electron chi connectivity index (χ0n) is 16.9. The third-order valence-electron chi connectivity index (χ3n) is 5.94. The lowest BCUT2D eigenvalue weighted by Crippen LogP contribution is -2.58. The van der Waals surface area contributed by atoms with Crippen LogP contribution in [0.3, 0.4) is 0 Å². The summed E-state index contributed by atoms with van der Waals surface area (Å²) in [4.78, 5) is 31.0. The van der Waals surface area contributed by atoms with Crippen LogP contribution in [0, 0.1) is 0 Å². The van der Waals surface area contributed by atoms with Crippen molar-refractivity contribution in [1.82, 2.24) is 10.2 Å². The molecule has 1 fully saturated rings. The molecule has 29 heavy (non-hydrogen) atoms. The molecular weight excluding hydrogens is 377 g/mol. The second-order valence-electron chi connectivity index (χ2n) is 7.60. The molecule has 0 aromatic carbocycles. The molecule has 1 saturated heterocycles.